The fourth-order valence-electron chi connectivity index (χ4n) is 3.09. The normalized spacial score (nSPS) is 13.5. The summed E-state index contributed by atoms with van der Waals surface area (Å²) in [6.07, 6.45) is 2.00. The molecule has 0 bridgehead atoms. The lowest BCUT2D eigenvalue weighted by Gasteiger charge is -2.18. The van der Waals surface area contributed by atoms with E-state index in [1.54, 1.807) is 36.1 Å². The Balaban J connectivity index is 1.72. The summed E-state index contributed by atoms with van der Waals surface area (Å²) in [6, 6.07) is 10.1. The molecule has 3 rings (SSSR count). The number of carbonyl (C=O) groups excluding carboxylic acids is 2. The van der Waals surface area contributed by atoms with Crippen LogP contribution in [0.25, 0.3) is 0 Å². The molecule has 0 saturated carbocycles. The van der Waals surface area contributed by atoms with Gasteiger partial charge in [-0.1, -0.05) is 17.7 Å². The first-order valence-corrected chi connectivity index (χ1v) is 9.07. The number of rotatable bonds is 4. The summed E-state index contributed by atoms with van der Waals surface area (Å²) in [5, 5.41) is 5.27. The topological polar surface area (TPSA) is 83.4 Å². The highest BCUT2D eigenvalue weighted by molar-refractivity contribution is 5.99. The highest BCUT2D eigenvalue weighted by atomic mass is 16.2. The van der Waals surface area contributed by atoms with Crippen LogP contribution in [-0.4, -0.2) is 34.5 Å². The Labute approximate surface area is 158 Å². The number of benzene rings is 1. The van der Waals surface area contributed by atoms with Crippen LogP contribution in [0.1, 0.15) is 24.1 Å². The first-order chi connectivity index (χ1) is 12.9. The average Bonchev–Trinajstić information content (AvgIpc) is 3.18. The second-order valence-electron chi connectivity index (χ2n) is 6.81. The van der Waals surface area contributed by atoms with E-state index in [9.17, 15) is 14.4 Å². The molecular weight excluding hydrogens is 344 g/mol. The second-order valence-corrected chi connectivity index (χ2v) is 6.81. The van der Waals surface area contributed by atoms with Gasteiger partial charge in [0, 0.05) is 24.5 Å². The van der Waals surface area contributed by atoms with Crippen LogP contribution < -0.4 is 16.2 Å². The van der Waals surface area contributed by atoms with Crippen LogP contribution in [0.15, 0.2) is 41.2 Å². The van der Waals surface area contributed by atoms with Crippen LogP contribution in [-0.2, 0) is 11.3 Å². The van der Waals surface area contributed by atoms with Crippen LogP contribution in [0.2, 0.25) is 0 Å². The van der Waals surface area contributed by atoms with Crippen LogP contribution in [0, 0.1) is 13.8 Å². The molecule has 3 amide bonds. The quantitative estimate of drug-likeness (QED) is 0.870. The molecule has 1 saturated heterocycles. The van der Waals surface area contributed by atoms with Crippen LogP contribution >= 0.6 is 0 Å². The predicted molar refractivity (Wildman–Crippen MR) is 105 cm³/mol. The first-order valence-electron chi connectivity index (χ1n) is 9.07. The van der Waals surface area contributed by atoms with E-state index in [-0.39, 0.29) is 23.7 Å². The molecule has 0 atom stereocenters. The first kappa shape index (κ1) is 18.7. The molecular formula is C20H24N4O3. The molecule has 0 unspecified atom stereocenters. The largest absolute Gasteiger partial charge is 0.341 e. The summed E-state index contributed by atoms with van der Waals surface area (Å²) in [5.74, 6) is -0.0704. The Morgan fingerprint density at radius 3 is 2.30 bits per heavy atom. The SMILES string of the molecule is Cc1ccc(NC(=O)Nc2ccc(C)n(CC(=O)N3CCCC3)c2=O)cc1. The molecule has 1 aromatic heterocycles. The Hall–Kier alpha value is -3.09. The Kier molecular flexibility index (Phi) is 5.59. The van der Waals surface area contributed by atoms with Gasteiger partial charge in [-0.2, -0.15) is 0 Å². The van der Waals surface area contributed by atoms with Crippen LogP contribution in [0.5, 0.6) is 0 Å². The van der Waals surface area contributed by atoms with Gasteiger partial charge in [0.05, 0.1) is 0 Å². The summed E-state index contributed by atoms with van der Waals surface area (Å²) in [7, 11) is 0. The molecule has 2 heterocycles. The van der Waals surface area contributed by atoms with Crippen molar-refractivity contribution in [3.8, 4) is 0 Å². The molecule has 1 aromatic carbocycles. The van der Waals surface area contributed by atoms with Gasteiger partial charge in [0.15, 0.2) is 0 Å². The molecule has 27 heavy (non-hydrogen) atoms. The molecule has 2 N–H and O–H groups in total. The minimum absolute atomic E-state index is 0.0141. The van der Waals surface area contributed by atoms with Gasteiger partial charge in [-0.05, 0) is 51.0 Å². The van der Waals surface area contributed by atoms with E-state index in [1.165, 1.54) is 4.57 Å². The third-order valence-electron chi connectivity index (χ3n) is 4.70. The van der Waals surface area contributed by atoms with E-state index in [4.69, 9.17) is 0 Å². The fourth-order valence-corrected chi connectivity index (χ4v) is 3.09. The lowest BCUT2D eigenvalue weighted by atomic mass is 10.2. The van der Waals surface area contributed by atoms with Gasteiger partial charge in [-0.25, -0.2) is 4.79 Å². The minimum Gasteiger partial charge on any atom is -0.341 e. The number of amides is 3. The summed E-state index contributed by atoms with van der Waals surface area (Å²) in [4.78, 5) is 39.1. The van der Waals surface area contributed by atoms with Crippen LogP contribution in [0.3, 0.4) is 0 Å². The van der Waals surface area contributed by atoms with Gasteiger partial charge in [0.1, 0.15) is 12.2 Å². The van der Waals surface area contributed by atoms with E-state index >= 15 is 0 Å². The van der Waals surface area contributed by atoms with Gasteiger partial charge < -0.3 is 20.1 Å². The number of nitrogens with zero attached hydrogens (tertiary/aromatic N) is 2. The lowest BCUT2D eigenvalue weighted by molar-refractivity contribution is -0.130. The Morgan fingerprint density at radius 1 is 0.963 bits per heavy atom. The van der Waals surface area contributed by atoms with Gasteiger partial charge in [-0.15, -0.1) is 0 Å². The van der Waals surface area contributed by atoms with Crippen molar-refractivity contribution in [2.75, 3.05) is 23.7 Å². The standard InChI is InChI=1S/C20H24N4O3/c1-14-5-8-16(9-6-14)21-20(27)22-17-10-7-15(2)24(19(17)26)13-18(25)23-11-3-4-12-23/h5-10H,3-4,11-13H2,1-2H3,(H2,21,22,27). The van der Waals surface area contributed by atoms with Gasteiger partial charge in [0.2, 0.25) is 5.91 Å². The van der Waals surface area contributed by atoms with E-state index in [0.29, 0.717) is 11.4 Å². The molecule has 0 spiro atoms. The van der Waals surface area contributed by atoms with Crippen molar-refractivity contribution in [1.82, 2.24) is 9.47 Å². The maximum absolute atomic E-state index is 12.7. The van der Waals surface area contributed by atoms with Crippen molar-refractivity contribution in [2.24, 2.45) is 0 Å². The average molecular weight is 368 g/mol. The van der Waals surface area contributed by atoms with E-state index in [1.807, 2.05) is 19.1 Å². The van der Waals surface area contributed by atoms with Gasteiger partial charge >= 0.3 is 6.03 Å². The number of aryl methyl sites for hydroxylation is 2. The molecule has 7 heteroatoms. The predicted octanol–water partition coefficient (Wildman–Crippen LogP) is 2.73. The van der Waals surface area contributed by atoms with E-state index in [2.05, 4.69) is 10.6 Å². The molecule has 142 valence electrons. The number of pyridine rings is 1. The Morgan fingerprint density at radius 2 is 1.63 bits per heavy atom. The van der Waals surface area contributed by atoms with Crippen molar-refractivity contribution in [1.29, 1.82) is 0 Å². The van der Waals surface area contributed by atoms with Gasteiger partial charge in [0.25, 0.3) is 5.56 Å². The molecule has 0 aliphatic carbocycles. The number of anilines is 2. The van der Waals surface area contributed by atoms with Crippen molar-refractivity contribution in [2.45, 2.75) is 33.2 Å². The molecule has 1 aliphatic rings. The summed E-state index contributed by atoms with van der Waals surface area (Å²) >= 11 is 0. The number of aromatic nitrogens is 1. The number of carbonyl (C=O) groups is 2. The molecule has 7 nitrogen and oxygen atoms in total. The number of hydrogen-bond donors (Lipinski definition) is 2. The molecule has 1 aliphatic heterocycles. The van der Waals surface area contributed by atoms with Crippen molar-refractivity contribution < 1.29 is 9.59 Å². The minimum atomic E-state index is -0.503. The van der Waals surface area contributed by atoms with Gasteiger partial charge in [-0.3, -0.25) is 9.59 Å². The maximum Gasteiger partial charge on any atom is 0.323 e. The maximum atomic E-state index is 12.7. The highest BCUT2D eigenvalue weighted by Gasteiger charge is 2.20. The highest BCUT2D eigenvalue weighted by Crippen LogP contribution is 2.11. The lowest BCUT2D eigenvalue weighted by Crippen LogP contribution is -2.36. The monoisotopic (exact) mass is 368 g/mol. The third-order valence-corrected chi connectivity index (χ3v) is 4.70. The zero-order chi connectivity index (χ0) is 19.4. The Bertz CT molecular complexity index is 896. The van der Waals surface area contributed by atoms with Crippen LogP contribution in [0.4, 0.5) is 16.2 Å². The third kappa shape index (κ3) is 4.55. The van der Waals surface area contributed by atoms with Crippen molar-refractivity contribution >= 4 is 23.3 Å². The molecule has 0 radical (unpaired) electrons. The van der Waals surface area contributed by atoms with E-state index in [0.717, 1.165) is 31.5 Å². The smallest absolute Gasteiger partial charge is 0.323 e. The summed E-state index contributed by atoms with van der Waals surface area (Å²) in [6.45, 7) is 5.20. The van der Waals surface area contributed by atoms with E-state index < -0.39 is 6.03 Å². The second kappa shape index (κ2) is 8.07. The number of likely N-dealkylation sites (tertiary alicyclic amines) is 1. The summed E-state index contributed by atoms with van der Waals surface area (Å²) < 4.78 is 1.40. The molecule has 1 fully saturated rings. The number of urea groups is 1. The zero-order valence-electron chi connectivity index (χ0n) is 15.6. The molecule has 2 aromatic rings. The number of nitrogens with one attached hydrogen (secondary N) is 2. The summed E-state index contributed by atoms with van der Waals surface area (Å²) in [5.41, 5.74) is 2.15. The fraction of sp³-hybridized carbons (Fsp3) is 0.350. The zero-order valence-corrected chi connectivity index (χ0v) is 15.6. The number of hydrogen-bond acceptors (Lipinski definition) is 3. The van der Waals surface area contributed by atoms with Crippen molar-refractivity contribution in [3.63, 3.8) is 0 Å². The van der Waals surface area contributed by atoms with Crippen molar-refractivity contribution in [3.05, 3.63) is 58.0 Å².